The quantitative estimate of drug-likeness (QED) is 0.873. The Morgan fingerprint density at radius 1 is 1.33 bits per heavy atom. The van der Waals surface area contributed by atoms with Crippen molar-refractivity contribution >= 4 is 15.9 Å². The molecule has 2 heteroatoms. The third-order valence-electron chi connectivity index (χ3n) is 3.31. The second-order valence-corrected chi connectivity index (χ2v) is 5.39. The molecule has 15 heavy (non-hydrogen) atoms. The first-order valence-corrected chi connectivity index (χ1v) is 6.54. The monoisotopic (exact) mass is 267 g/mol. The average molecular weight is 268 g/mol. The van der Waals surface area contributed by atoms with Crippen LogP contribution in [0.4, 0.5) is 0 Å². The highest BCUT2D eigenvalue weighted by molar-refractivity contribution is 9.10. The van der Waals surface area contributed by atoms with E-state index in [1.165, 1.54) is 31.4 Å². The summed E-state index contributed by atoms with van der Waals surface area (Å²) in [4.78, 5) is 0. The van der Waals surface area contributed by atoms with Gasteiger partial charge in [0, 0.05) is 10.5 Å². The molecule has 1 aromatic rings. The zero-order chi connectivity index (χ0) is 10.7. The van der Waals surface area contributed by atoms with Gasteiger partial charge in [-0.1, -0.05) is 34.5 Å². The summed E-state index contributed by atoms with van der Waals surface area (Å²) in [5.74, 6) is 0.933. The summed E-state index contributed by atoms with van der Waals surface area (Å²) in [5, 5.41) is 3.60. The summed E-state index contributed by atoms with van der Waals surface area (Å²) in [6.07, 6.45) is 4.26. The highest BCUT2D eigenvalue weighted by Crippen LogP contribution is 2.26. The van der Waals surface area contributed by atoms with Gasteiger partial charge in [0.2, 0.25) is 0 Å². The van der Waals surface area contributed by atoms with Gasteiger partial charge in [0.15, 0.2) is 0 Å². The molecule has 1 aliphatic carbocycles. The van der Waals surface area contributed by atoms with Crippen LogP contribution in [0.3, 0.4) is 0 Å². The molecule has 1 atom stereocenters. The van der Waals surface area contributed by atoms with Crippen LogP contribution in [0.5, 0.6) is 0 Å². The van der Waals surface area contributed by atoms with Gasteiger partial charge >= 0.3 is 0 Å². The van der Waals surface area contributed by atoms with Crippen molar-refractivity contribution in [2.24, 2.45) is 5.92 Å². The van der Waals surface area contributed by atoms with Crippen LogP contribution >= 0.6 is 15.9 Å². The highest BCUT2D eigenvalue weighted by Gasteiger charge is 2.17. The summed E-state index contributed by atoms with van der Waals surface area (Å²) in [6, 6.07) is 9.05. The fourth-order valence-corrected chi connectivity index (χ4v) is 2.17. The molecule has 0 heterocycles. The lowest BCUT2D eigenvalue weighted by Crippen LogP contribution is -2.29. The standard InChI is InChI=1S/C13H18BrN/c1-10(15-9-11-3-2-4-11)12-5-7-13(14)8-6-12/h5-8,10-11,15H,2-4,9H2,1H3. The Kier molecular flexibility index (Phi) is 3.81. The fraction of sp³-hybridized carbons (Fsp3) is 0.538. The predicted molar refractivity (Wildman–Crippen MR) is 67.9 cm³/mol. The second-order valence-electron chi connectivity index (χ2n) is 4.48. The van der Waals surface area contributed by atoms with Gasteiger partial charge in [-0.25, -0.2) is 0 Å². The number of hydrogen-bond acceptors (Lipinski definition) is 1. The molecule has 0 amide bonds. The number of nitrogens with one attached hydrogen (secondary N) is 1. The van der Waals surface area contributed by atoms with Crippen molar-refractivity contribution in [1.29, 1.82) is 0 Å². The first-order valence-electron chi connectivity index (χ1n) is 5.74. The van der Waals surface area contributed by atoms with Crippen molar-refractivity contribution in [3.05, 3.63) is 34.3 Å². The van der Waals surface area contributed by atoms with Gasteiger partial charge in [-0.2, -0.15) is 0 Å². The maximum atomic E-state index is 3.60. The normalized spacial score (nSPS) is 18.5. The molecule has 1 fully saturated rings. The summed E-state index contributed by atoms with van der Waals surface area (Å²) < 4.78 is 1.15. The molecule has 0 radical (unpaired) electrons. The van der Waals surface area contributed by atoms with Gasteiger partial charge in [-0.05, 0) is 49.9 Å². The molecule has 1 aromatic carbocycles. The topological polar surface area (TPSA) is 12.0 Å². The molecule has 1 N–H and O–H groups in total. The maximum absolute atomic E-state index is 3.60. The molecular formula is C13H18BrN. The fourth-order valence-electron chi connectivity index (χ4n) is 1.91. The first-order chi connectivity index (χ1) is 7.25. The zero-order valence-corrected chi connectivity index (χ0v) is 10.8. The lowest BCUT2D eigenvalue weighted by atomic mass is 9.85. The minimum absolute atomic E-state index is 0.471. The number of hydrogen-bond donors (Lipinski definition) is 1. The van der Waals surface area contributed by atoms with E-state index in [4.69, 9.17) is 0 Å². The van der Waals surface area contributed by atoms with E-state index in [-0.39, 0.29) is 0 Å². The zero-order valence-electron chi connectivity index (χ0n) is 9.17. The molecule has 2 rings (SSSR count). The van der Waals surface area contributed by atoms with Crippen LogP contribution in [0.2, 0.25) is 0 Å². The Hall–Kier alpha value is -0.340. The van der Waals surface area contributed by atoms with Crippen LogP contribution in [0.25, 0.3) is 0 Å². The highest BCUT2D eigenvalue weighted by atomic mass is 79.9. The third kappa shape index (κ3) is 3.05. The van der Waals surface area contributed by atoms with Gasteiger partial charge < -0.3 is 5.32 Å². The van der Waals surface area contributed by atoms with Crippen LogP contribution in [0.15, 0.2) is 28.7 Å². The Morgan fingerprint density at radius 2 is 2.00 bits per heavy atom. The van der Waals surface area contributed by atoms with E-state index < -0.39 is 0 Å². The lowest BCUT2D eigenvalue weighted by molar-refractivity contribution is 0.292. The molecule has 82 valence electrons. The number of benzene rings is 1. The van der Waals surface area contributed by atoms with E-state index in [1.54, 1.807) is 0 Å². The van der Waals surface area contributed by atoms with E-state index in [9.17, 15) is 0 Å². The van der Waals surface area contributed by atoms with Gasteiger partial charge in [-0.3, -0.25) is 0 Å². The van der Waals surface area contributed by atoms with Gasteiger partial charge in [-0.15, -0.1) is 0 Å². The third-order valence-corrected chi connectivity index (χ3v) is 3.84. The van der Waals surface area contributed by atoms with Crippen molar-refractivity contribution in [2.75, 3.05) is 6.54 Å². The van der Waals surface area contributed by atoms with Crippen molar-refractivity contribution in [3.8, 4) is 0 Å². The minimum atomic E-state index is 0.471. The van der Waals surface area contributed by atoms with Crippen molar-refractivity contribution in [1.82, 2.24) is 5.32 Å². The van der Waals surface area contributed by atoms with Crippen LogP contribution in [-0.2, 0) is 0 Å². The number of halogens is 1. The molecule has 0 spiro atoms. The van der Waals surface area contributed by atoms with E-state index in [1.807, 2.05) is 0 Å². The molecular weight excluding hydrogens is 250 g/mol. The van der Waals surface area contributed by atoms with Crippen LogP contribution in [0.1, 0.15) is 37.8 Å². The van der Waals surface area contributed by atoms with Crippen LogP contribution < -0.4 is 5.32 Å². The first kappa shape index (κ1) is 11.2. The summed E-state index contributed by atoms with van der Waals surface area (Å²) >= 11 is 3.46. The smallest absolute Gasteiger partial charge is 0.0291 e. The molecule has 0 bridgehead atoms. The summed E-state index contributed by atoms with van der Waals surface area (Å²) in [6.45, 7) is 3.42. The molecule has 1 unspecified atom stereocenters. The second kappa shape index (κ2) is 5.13. The van der Waals surface area contributed by atoms with E-state index in [2.05, 4.69) is 52.4 Å². The minimum Gasteiger partial charge on any atom is -0.310 e. The van der Waals surface area contributed by atoms with Gasteiger partial charge in [0.25, 0.3) is 0 Å². The van der Waals surface area contributed by atoms with Crippen molar-refractivity contribution in [2.45, 2.75) is 32.2 Å². The van der Waals surface area contributed by atoms with Crippen molar-refractivity contribution in [3.63, 3.8) is 0 Å². The average Bonchev–Trinajstić information content (AvgIpc) is 2.16. The van der Waals surface area contributed by atoms with E-state index in [0.717, 1.165) is 10.4 Å². The van der Waals surface area contributed by atoms with Crippen LogP contribution in [0, 0.1) is 5.92 Å². The molecule has 1 saturated carbocycles. The molecule has 0 saturated heterocycles. The predicted octanol–water partition coefficient (Wildman–Crippen LogP) is 3.90. The maximum Gasteiger partial charge on any atom is 0.0291 e. The van der Waals surface area contributed by atoms with Crippen LogP contribution in [-0.4, -0.2) is 6.54 Å². The molecule has 0 aromatic heterocycles. The molecule has 1 nitrogen and oxygen atoms in total. The Morgan fingerprint density at radius 3 is 2.53 bits per heavy atom. The van der Waals surface area contributed by atoms with E-state index >= 15 is 0 Å². The Bertz CT molecular complexity index is 303. The molecule has 1 aliphatic rings. The summed E-state index contributed by atoms with van der Waals surface area (Å²) in [7, 11) is 0. The lowest BCUT2D eigenvalue weighted by Gasteiger charge is -2.27. The Labute approximate surface area is 100 Å². The van der Waals surface area contributed by atoms with Gasteiger partial charge in [0.1, 0.15) is 0 Å². The van der Waals surface area contributed by atoms with E-state index in [0.29, 0.717) is 6.04 Å². The van der Waals surface area contributed by atoms with Gasteiger partial charge in [0.05, 0.1) is 0 Å². The number of rotatable bonds is 4. The van der Waals surface area contributed by atoms with Crippen molar-refractivity contribution < 1.29 is 0 Å². The summed E-state index contributed by atoms with van der Waals surface area (Å²) in [5.41, 5.74) is 1.37. The molecule has 0 aliphatic heterocycles. The SMILES string of the molecule is CC(NCC1CCC1)c1ccc(Br)cc1. The largest absolute Gasteiger partial charge is 0.310 e. The Balaban J connectivity index is 1.83.